The molecule has 1 aliphatic heterocycles. The molecule has 23 heavy (non-hydrogen) atoms. The molecule has 0 spiro atoms. The van der Waals surface area contributed by atoms with Crippen molar-refractivity contribution >= 4 is 18.3 Å². The van der Waals surface area contributed by atoms with Crippen LogP contribution in [0, 0.1) is 0 Å². The summed E-state index contributed by atoms with van der Waals surface area (Å²) in [5.74, 6) is -0.0913. The van der Waals surface area contributed by atoms with Gasteiger partial charge in [-0.1, -0.05) is 0 Å². The van der Waals surface area contributed by atoms with Crippen molar-refractivity contribution in [2.45, 2.75) is 39.3 Å². The first-order valence-electron chi connectivity index (χ1n) is 7.53. The van der Waals surface area contributed by atoms with Crippen molar-refractivity contribution in [1.82, 2.24) is 10.3 Å². The molecule has 2 rings (SSSR count). The summed E-state index contributed by atoms with van der Waals surface area (Å²) in [4.78, 5) is 26.7. The third kappa shape index (κ3) is 6.65. The molecule has 0 aromatic carbocycles. The largest absolute Gasteiger partial charge is 0.478 e. The number of piperazine rings is 1. The second-order valence-corrected chi connectivity index (χ2v) is 6.28. The molecule has 7 heteroatoms. The first-order chi connectivity index (χ1) is 10.7. The minimum absolute atomic E-state index is 0.228. The zero-order chi connectivity index (χ0) is 17.5. The summed E-state index contributed by atoms with van der Waals surface area (Å²) in [7, 11) is 0. The highest BCUT2D eigenvalue weighted by Crippen LogP contribution is 2.15. The first kappa shape index (κ1) is 18.9. The number of carbonyl (C=O) groups excluding carboxylic acids is 1. The number of hydrogen-bond donors (Lipinski definition) is 2. The average Bonchev–Trinajstić information content (AvgIpc) is 2.47. The number of aromatic carboxylic acids is 1. The summed E-state index contributed by atoms with van der Waals surface area (Å²) < 4.78 is 4.55. The number of hydrogen-bond acceptors (Lipinski definition) is 6. The van der Waals surface area contributed by atoms with Crippen LogP contribution in [-0.2, 0) is 9.53 Å². The molecule has 1 atom stereocenters. The van der Waals surface area contributed by atoms with Gasteiger partial charge in [-0.05, 0) is 39.8 Å². The Kier molecular flexibility index (Phi) is 6.96. The highest BCUT2D eigenvalue weighted by molar-refractivity contribution is 5.87. The lowest BCUT2D eigenvalue weighted by Gasteiger charge is -2.34. The van der Waals surface area contributed by atoms with Crippen LogP contribution in [0.5, 0.6) is 0 Å². The molecule has 0 radical (unpaired) electrons. The van der Waals surface area contributed by atoms with Crippen LogP contribution in [0.15, 0.2) is 18.3 Å². The summed E-state index contributed by atoms with van der Waals surface area (Å²) >= 11 is 0. The van der Waals surface area contributed by atoms with E-state index in [2.05, 4.69) is 26.9 Å². The van der Waals surface area contributed by atoms with Gasteiger partial charge in [-0.2, -0.15) is 0 Å². The lowest BCUT2D eigenvalue weighted by molar-refractivity contribution is -0.138. The lowest BCUT2D eigenvalue weighted by atomic mass is 10.2. The van der Waals surface area contributed by atoms with Crippen LogP contribution in [0.1, 0.15) is 38.1 Å². The molecule has 1 saturated heterocycles. The van der Waals surface area contributed by atoms with E-state index in [1.807, 2.05) is 20.8 Å². The summed E-state index contributed by atoms with van der Waals surface area (Å²) in [6.45, 7) is 10.8. The monoisotopic (exact) mass is 323 g/mol. The normalized spacial score (nSPS) is 17.7. The average molecular weight is 323 g/mol. The maximum Gasteiger partial charge on any atom is 0.337 e. The Morgan fingerprint density at radius 2 is 2.17 bits per heavy atom. The molecule has 0 saturated carbocycles. The molecule has 2 N–H and O–H groups in total. The smallest absolute Gasteiger partial charge is 0.337 e. The number of rotatable bonds is 3. The van der Waals surface area contributed by atoms with E-state index in [0.29, 0.717) is 12.5 Å². The summed E-state index contributed by atoms with van der Waals surface area (Å²) in [5.41, 5.74) is -0.0894. The number of anilines is 1. The predicted octanol–water partition coefficient (Wildman–Crippen LogP) is 1.54. The van der Waals surface area contributed by atoms with Gasteiger partial charge in [0.05, 0.1) is 5.56 Å². The van der Waals surface area contributed by atoms with E-state index < -0.39 is 5.97 Å². The van der Waals surface area contributed by atoms with Crippen LogP contribution >= 0.6 is 0 Å². The fraction of sp³-hybridized carbons (Fsp3) is 0.562. The minimum Gasteiger partial charge on any atom is -0.478 e. The number of nitrogens with zero attached hydrogens (tertiary/aromatic N) is 2. The number of carbonyl (C=O) groups is 2. The number of nitrogens with one attached hydrogen (secondary N) is 1. The van der Waals surface area contributed by atoms with Crippen LogP contribution < -0.4 is 10.2 Å². The van der Waals surface area contributed by atoms with Gasteiger partial charge in [0.15, 0.2) is 0 Å². The lowest BCUT2D eigenvalue weighted by Crippen LogP contribution is -2.50. The SMILES string of the molecule is CC(C)(C)OC=O.C[C@@H]1CNCCN1c1ccc(C(=O)O)cn1. The van der Waals surface area contributed by atoms with Gasteiger partial charge in [-0.15, -0.1) is 0 Å². The van der Waals surface area contributed by atoms with Gasteiger partial charge in [0.1, 0.15) is 11.4 Å². The molecule has 1 aromatic rings. The summed E-state index contributed by atoms with van der Waals surface area (Å²) in [6.07, 6.45) is 1.41. The van der Waals surface area contributed by atoms with Crippen molar-refractivity contribution in [2.75, 3.05) is 24.5 Å². The number of carboxylic acid groups (broad SMARTS) is 1. The van der Waals surface area contributed by atoms with Crippen LogP contribution in [0.3, 0.4) is 0 Å². The van der Waals surface area contributed by atoms with Gasteiger partial charge in [0.2, 0.25) is 0 Å². The Morgan fingerprint density at radius 3 is 2.57 bits per heavy atom. The molecule has 7 nitrogen and oxygen atoms in total. The van der Waals surface area contributed by atoms with Crippen molar-refractivity contribution in [1.29, 1.82) is 0 Å². The van der Waals surface area contributed by atoms with Crippen molar-refractivity contribution in [2.24, 2.45) is 0 Å². The fourth-order valence-electron chi connectivity index (χ4n) is 2.01. The van der Waals surface area contributed by atoms with Gasteiger partial charge in [-0.25, -0.2) is 9.78 Å². The van der Waals surface area contributed by atoms with E-state index in [1.165, 1.54) is 6.20 Å². The molecule has 2 heterocycles. The van der Waals surface area contributed by atoms with Gasteiger partial charge in [-0.3, -0.25) is 4.79 Å². The van der Waals surface area contributed by atoms with E-state index in [1.54, 1.807) is 12.1 Å². The molecular weight excluding hydrogens is 298 g/mol. The molecular formula is C16H25N3O4. The zero-order valence-electron chi connectivity index (χ0n) is 14.1. The maximum atomic E-state index is 10.7. The van der Waals surface area contributed by atoms with Crippen LogP contribution in [0.2, 0.25) is 0 Å². The Bertz CT molecular complexity index is 511. The number of carboxylic acids is 1. The maximum absolute atomic E-state index is 10.7. The first-order valence-corrected chi connectivity index (χ1v) is 7.53. The third-order valence-corrected chi connectivity index (χ3v) is 3.19. The fourth-order valence-corrected chi connectivity index (χ4v) is 2.01. The highest BCUT2D eigenvalue weighted by Gasteiger charge is 2.19. The van der Waals surface area contributed by atoms with Gasteiger partial charge in [0, 0.05) is 31.9 Å². The Labute approximate surface area is 136 Å². The molecule has 0 aliphatic carbocycles. The number of aromatic nitrogens is 1. The quantitative estimate of drug-likeness (QED) is 0.815. The molecule has 1 aliphatic rings. The molecule has 0 bridgehead atoms. The topological polar surface area (TPSA) is 91.8 Å². The minimum atomic E-state index is -0.938. The number of ether oxygens (including phenoxy) is 1. The van der Waals surface area contributed by atoms with Crippen molar-refractivity contribution in [3.05, 3.63) is 23.9 Å². The van der Waals surface area contributed by atoms with E-state index in [0.717, 1.165) is 25.5 Å². The standard InChI is InChI=1S/C11H15N3O2.C5H10O2/c1-8-6-12-4-5-14(8)10-3-2-9(7-13-10)11(15)16;1-5(2,3)7-4-6/h2-3,7-8,12H,4-6H2,1H3,(H,15,16);4H,1-3H3/t8-;/m1./s1. The third-order valence-electron chi connectivity index (χ3n) is 3.19. The van der Waals surface area contributed by atoms with Crippen LogP contribution in [-0.4, -0.2) is 53.8 Å². The molecule has 1 fully saturated rings. The Hall–Kier alpha value is -2.15. The second kappa shape index (κ2) is 8.47. The summed E-state index contributed by atoms with van der Waals surface area (Å²) in [6, 6.07) is 3.75. The van der Waals surface area contributed by atoms with Crippen molar-refractivity contribution in [3.8, 4) is 0 Å². The second-order valence-electron chi connectivity index (χ2n) is 6.28. The molecule has 0 unspecified atom stereocenters. The van der Waals surface area contributed by atoms with E-state index in [-0.39, 0.29) is 11.2 Å². The van der Waals surface area contributed by atoms with E-state index >= 15 is 0 Å². The van der Waals surface area contributed by atoms with E-state index in [9.17, 15) is 9.59 Å². The predicted molar refractivity (Wildman–Crippen MR) is 87.8 cm³/mol. The summed E-state index contributed by atoms with van der Waals surface area (Å²) in [5, 5.41) is 12.1. The van der Waals surface area contributed by atoms with Gasteiger partial charge >= 0.3 is 5.97 Å². The van der Waals surface area contributed by atoms with Crippen LogP contribution in [0.4, 0.5) is 5.82 Å². The Morgan fingerprint density at radius 1 is 1.48 bits per heavy atom. The van der Waals surface area contributed by atoms with Crippen molar-refractivity contribution in [3.63, 3.8) is 0 Å². The Balaban J connectivity index is 0.000000322. The molecule has 1 aromatic heterocycles. The van der Waals surface area contributed by atoms with Gasteiger partial charge < -0.3 is 20.1 Å². The van der Waals surface area contributed by atoms with Crippen LogP contribution in [0.25, 0.3) is 0 Å². The molecule has 0 amide bonds. The van der Waals surface area contributed by atoms with Crippen molar-refractivity contribution < 1.29 is 19.4 Å². The zero-order valence-corrected chi connectivity index (χ0v) is 14.1. The molecule has 128 valence electrons. The van der Waals surface area contributed by atoms with Gasteiger partial charge in [0.25, 0.3) is 6.47 Å². The number of pyridine rings is 1. The van der Waals surface area contributed by atoms with E-state index in [4.69, 9.17) is 5.11 Å². The highest BCUT2D eigenvalue weighted by atomic mass is 16.5.